The smallest absolute Gasteiger partial charge is 0.118 e. The van der Waals surface area contributed by atoms with Crippen molar-refractivity contribution in [2.45, 2.75) is 6.92 Å². The molecular formula is C12H14O. The van der Waals surface area contributed by atoms with Gasteiger partial charge in [-0.15, -0.1) is 0 Å². The molecule has 0 aliphatic heterocycles. The van der Waals surface area contributed by atoms with E-state index in [-0.39, 0.29) is 0 Å². The molecule has 0 heterocycles. The van der Waals surface area contributed by atoms with Crippen molar-refractivity contribution in [1.82, 2.24) is 0 Å². The van der Waals surface area contributed by atoms with Crippen LogP contribution >= 0.6 is 0 Å². The highest BCUT2D eigenvalue weighted by atomic mass is 16.5. The molecule has 0 amide bonds. The van der Waals surface area contributed by atoms with E-state index in [1.165, 1.54) is 0 Å². The molecule has 0 N–H and O–H groups in total. The maximum absolute atomic E-state index is 5.06. The van der Waals surface area contributed by atoms with Gasteiger partial charge >= 0.3 is 0 Å². The van der Waals surface area contributed by atoms with Crippen LogP contribution in [-0.4, -0.2) is 7.11 Å². The highest BCUT2D eigenvalue weighted by molar-refractivity contribution is 5.72. The molecule has 0 radical (unpaired) electrons. The second-order valence-corrected chi connectivity index (χ2v) is 2.75. The van der Waals surface area contributed by atoms with Crippen LogP contribution in [0.5, 0.6) is 5.75 Å². The zero-order chi connectivity index (χ0) is 9.68. The topological polar surface area (TPSA) is 9.23 Å². The number of rotatable bonds is 3. The van der Waals surface area contributed by atoms with E-state index in [4.69, 9.17) is 4.74 Å². The van der Waals surface area contributed by atoms with E-state index < -0.39 is 0 Å². The Labute approximate surface area is 79.4 Å². The van der Waals surface area contributed by atoms with Crippen LogP contribution in [0.15, 0.2) is 43.0 Å². The summed E-state index contributed by atoms with van der Waals surface area (Å²) >= 11 is 0. The van der Waals surface area contributed by atoms with Crippen LogP contribution in [0.2, 0.25) is 0 Å². The van der Waals surface area contributed by atoms with Gasteiger partial charge < -0.3 is 4.74 Å². The van der Waals surface area contributed by atoms with Gasteiger partial charge in [0.25, 0.3) is 0 Å². The van der Waals surface area contributed by atoms with Crippen molar-refractivity contribution >= 4 is 5.57 Å². The molecule has 0 aliphatic rings. The van der Waals surface area contributed by atoms with E-state index in [1.807, 2.05) is 43.3 Å². The molecule has 0 aliphatic carbocycles. The van der Waals surface area contributed by atoms with Gasteiger partial charge in [0.05, 0.1) is 7.11 Å². The molecule has 0 aromatic heterocycles. The van der Waals surface area contributed by atoms with E-state index >= 15 is 0 Å². The quantitative estimate of drug-likeness (QED) is 0.639. The molecule has 1 heteroatoms. The lowest BCUT2D eigenvalue weighted by atomic mass is 10.1. The van der Waals surface area contributed by atoms with Crippen LogP contribution in [0.25, 0.3) is 5.57 Å². The first kappa shape index (κ1) is 9.59. The monoisotopic (exact) mass is 174 g/mol. The Balaban J connectivity index is 2.85. The van der Waals surface area contributed by atoms with Gasteiger partial charge in [-0.2, -0.15) is 0 Å². The summed E-state index contributed by atoms with van der Waals surface area (Å²) in [5.41, 5.74) is 2.14. The standard InChI is InChI=1S/C12H14O/c1-4-5-10(2)11-6-8-12(13-3)9-7-11/h4-9H,2H2,1,3H3/b5-4+. The summed E-state index contributed by atoms with van der Waals surface area (Å²) in [5, 5.41) is 0. The zero-order valence-corrected chi connectivity index (χ0v) is 8.08. The molecular weight excluding hydrogens is 160 g/mol. The number of ether oxygens (including phenoxy) is 1. The maximum Gasteiger partial charge on any atom is 0.118 e. The van der Waals surface area contributed by atoms with Crippen LogP contribution in [-0.2, 0) is 0 Å². The SMILES string of the molecule is C=C(/C=C/C)c1ccc(OC)cc1. The fourth-order valence-corrected chi connectivity index (χ4v) is 1.10. The van der Waals surface area contributed by atoms with Crippen LogP contribution in [0.3, 0.4) is 0 Å². The third kappa shape index (κ3) is 2.48. The van der Waals surface area contributed by atoms with Crippen LogP contribution < -0.4 is 4.74 Å². The molecule has 0 saturated heterocycles. The van der Waals surface area contributed by atoms with Crippen molar-refractivity contribution < 1.29 is 4.74 Å². The summed E-state index contributed by atoms with van der Waals surface area (Å²) in [6.07, 6.45) is 3.97. The van der Waals surface area contributed by atoms with E-state index in [0.29, 0.717) is 0 Å². The predicted molar refractivity (Wildman–Crippen MR) is 56.8 cm³/mol. The Morgan fingerprint density at radius 1 is 1.31 bits per heavy atom. The van der Waals surface area contributed by atoms with Crippen molar-refractivity contribution in [3.8, 4) is 5.75 Å². The fraction of sp³-hybridized carbons (Fsp3) is 0.167. The van der Waals surface area contributed by atoms with E-state index in [0.717, 1.165) is 16.9 Å². The predicted octanol–water partition coefficient (Wildman–Crippen LogP) is 3.28. The Morgan fingerprint density at radius 2 is 1.92 bits per heavy atom. The number of allylic oxidation sites excluding steroid dienone is 3. The molecule has 13 heavy (non-hydrogen) atoms. The summed E-state index contributed by atoms with van der Waals surface area (Å²) in [6.45, 7) is 5.92. The highest BCUT2D eigenvalue weighted by Crippen LogP contribution is 2.17. The van der Waals surface area contributed by atoms with E-state index in [1.54, 1.807) is 7.11 Å². The zero-order valence-electron chi connectivity index (χ0n) is 8.08. The second-order valence-electron chi connectivity index (χ2n) is 2.75. The van der Waals surface area contributed by atoms with Crippen molar-refractivity contribution in [3.05, 3.63) is 48.6 Å². The minimum Gasteiger partial charge on any atom is -0.497 e. The van der Waals surface area contributed by atoms with Crippen molar-refractivity contribution in [1.29, 1.82) is 0 Å². The third-order valence-electron chi connectivity index (χ3n) is 1.83. The molecule has 0 atom stereocenters. The van der Waals surface area contributed by atoms with Gasteiger partial charge in [0.1, 0.15) is 5.75 Å². The largest absolute Gasteiger partial charge is 0.497 e. The summed E-state index contributed by atoms with van der Waals surface area (Å²) in [7, 11) is 1.66. The lowest BCUT2D eigenvalue weighted by molar-refractivity contribution is 0.415. The second kappa shape index (κ2) is 4.51. The van der Waals surface area contributed by atoms with Crippen LogP contribution in [0, 0.1) is 0 Å². The van der Waals surface area contributed by atoms with Gasteiger partial charge in [0.2, 0.25) is 0 Å². The number of benzene rings is 1. The fourth-order valence-electron chi connectivity index (χ4n) is 1.10. The number of hydrogen-bond donors (Lipinski definition) is 0. The first-order chi connectivity index (χ1) is 6.27. The molecule has 1 aromatic carbocycles. The molecule has 1 nitrogen and oxygen atoms in total. The van der Waals surface area contributed by atoms with Crippen molar-refractivity contribution in [3.63, 3.8) is 0 Å². The number of methoxy groups -OCH3 is 1. The van der Waals surface area contributed by atoms with Gasteiger partial charge in [-0.05, 0) is 30.2 Å². The molecule has 0 saturated carbocycles. The van der Waals surface area contributed by atoms with Gasteiger partial charge in [-0.3, -0.25) is 0 Å². The van der Waals surface area contributed by atoms with E-state index in [2.05, 4.69) is 6.58 Å². The third-order valence-corrected chi connectivity index (χ3v) is 1.83. The Hall–Kier alpha value is -1.50. The molecule has 0 bridgehead atoms. The molecule has 0 spiro atoms. The van der Waals surface area contributed by atoms with Crippen LogP contribution in [0.4, 0.5) is 0 Å². The molecule has 0 unspecified atom stereocenters. The average Bonchev–Trinajstić information content (AvgIpc) is 2.18. The molecule has 1 rings (SSSR count). The Morgan fingerprint density at radius 3 is 2.38 bits per heavy atom. The first-order valence-corrected chi connectivity index (χ1v) is 4.24. The summed E-state index contributed by atoms with van der Waals surface area (Å²) in [5.74, 6) is 0.872. The summed E-state index contributed by atoms with van der Waals surface area (Å²) in [4.78, 5) is 0. The highest BCUT2D eigenvalue weighted by Gasteiger charge is 1.94. The minimum absolute atomic E-state index is 0.872. The lowest BCUT2D eigenvalue weighted by Gasteiger charge is -2.02. The van der Waals surface area contributed by atoms with Gasteiger partial charge in [0.15, 0.2) is 0 Å². The average molecular weight is 174 g/mol. The minimum atomic E-state index is 0.872. The summed E-state index contributed by atoms with van der Waals surface area (Å²) < 4.78 is 5.06. The Kier molecular flexibility index (Phi) is 3.32. The van der Waals surface area contributed by atoms with Gasteiger partial charge in [0, 0.05) is 0 Å². The molecule has 0 fully saturated rings. The maximum atomic E-state index is 5.06. The van der Waals surface area contributed by atoms with Gasteiger partial charge in [-0.1, -0.05) is 30.9 Å². The van der Waals surface area contributed by atoms with Crippen molar-refractivity contribution in [2.75, 3.05) is 7.11 Å². The normalized spacial score (nSPS) is 10.3. The van der Waals surface area contributed by atoms with Crippen LogP contribution in [0.1, 0.15) is 12.5 Å². The first-order valence-electron chi connectivity index (χ1n) is 4.24. The molecule has 1 aromatic rings. The van der Waals surface area contributed by atoms with Gasteiger partial charge in [-0.25, -0.2) is 0 Å². The van der Waals surface area contributed by atoms with Crippen molar-refractivity contribution in [2.24, 2.45) is 0 Å². The Bertz CT molecular complexity index is 306. The molecule has 68 valence electrons. The van der Waals surface area contributed by atoms with E-state index in [9.17, 15) is 0 Å². The summed E-state index contributed by atoms with van der Waals surface area (Å²) in [6, 6.07) is 7.87. The number of hydrogen-bond acceptors (Lipinski definition) is 1. The lowest BCUT2D eigenvalue weighted by Crippen LogP contribution is -1.83.